The van der Waals surface area contributed by atoms with Crippen LogP contribution >= 0.6 is 11.8 Å². The molecule has 1 aliphatic rings. The zero-order valence-electron chi connectivity index (χ0n) is 10.5. The molecule has 0 saturated carbocycles. The summed E-state index contributed by atoms with van der Waals surface area (Å²) in [5, 5.41) is 13.2. The molecular formula is C12H22N2OS. The Morgan fingerprint density at radius 2 is 2.12 bits per heavy atom. The second-order valence-electron chi connectivity index (χ2n) is 4.87. The highest BCUT2D eigenvalue weighted by molar-refractivity contribution is 8.00. The van der Waals surface area contributed by atoms with Gasteiger partial charge in [-0.3, -0.25) is 5.32 Å². The van der Waals surface area contributed by atoms with Crippen LogP contribution in [0.3, 0.4) is 0 Å². The van der Waals surface area contributed by atoms with Crippen molar-refractivity contribution in [3.63, 3.8) is 0 Å². The summed E-state index contributed by atoms with van der Waals surface area (Å²) >= 11 is 1.91. The van der Waals surface area contributed by atoms with Gasteiger partial charge in [-0.25, -0.2) is 0 Å². The third-order valence-corrected chi connectivity index (χ3v) is 4.32. The van der Waals surface area contributed by atoms with Crippen LogP contribution in [0.2, 0.25) is 0 Å². The second-order valence-corrected chi connectivity index (χ2v) is 6.15. The number of nitrogens with one attached hydrogen (secondary N) is 1. The van der Waals surface area contributed by atoms with Gasteiger partial charge in [0.15, 0.2) is 0 Å². The Morgan fingerprint density at radius 3 is 2.62 bits per heavy atom. The summed E-state index contributed by atoms with van der Waals surface area (Å²) in [5.41, 5.74) is -0.406. The molecule has 1 N–H and O–H groups in total. The van der Waals surface area contributed by atoms with Gasteiger partial charge in [0, 0.05) is 30.3 Å². The smallest absolute Gasteiger partial charge is 0.113 e. The van der Waals surface area contributed by atoms with E-state index in [1.165, 1.54) is 0 Å². The summed E-state index contributed by atoms with van der Waals surface area (Å²) in [5.74, 6) is 0.854. The Bertz CT molecular complexity index is 246. The molecule has 0 aromatic heterocycles. The fourth-order valence-corrected chi connectivity index (χ4v) is 3.11. The molecule has 1 saturated heterocycles. The zero-order valence-corrected chi connectivity index (χ0v) is 11.3. The first-order valence-electron chi connectivity index (χ1n) is 5.94. The maximum Gasteiger partial charge on any atom is 0.113 e. The van der Waals surface area contributed by atoms with E-state index in [1.807, 2.05) is 18.7 Å². The van der Waals surface area contributed by atoms with Crippen LogP contribution in [0, 0.1) is 11.3 Å². The van der Waals surface area contributed by atoms with Gasteiger partial charge < -0.3 is 4.74 Å². The highest BCUT2D eigenvalue weighted by Crippen LogP contribution is 2.25. The summed E-state index contributed by atoms with van der Waals surface area (Å²) < 4.78 is 5.33. The molecule has 0 aromatic rings. The molecule has 1 aliphatic heterocycles. The fourth-order valence-electron chi connectivity index (χ4n) is 1.87. The van der Waals surface area contributed by atoms with Crippen LogP contribution in [0.25, 0.3) is 0 Å². The second kappa shape index (κ2) is 6.48. The zero-order chi connectivity index (χ0) is 12.0. The van der Waals surface area contributed by atoms with Gasteiger partial charge in [0.25, 0.3) is 0 Å². The highest BCUT2D eigenvalue weighted by Gasteiger charge is 2.26. The first-order chi connectivity index (χ1) is 7.56. The number of thioether (sulfide) groups is 1. The average molecular weight is 242 g/mol. The van der Waals surface area contributed by atoms with Crippen molar-refractivity contribution in [2.75, 3.05) is 19.0 Å². The maximum atomic E-state index is 9.21. The Balaban J connectivity index is 2.35. The Morgan fingerprint density at radius 1 is 1.50 bits per heavy atom. The molecule has 1 atom stereocenters. The molecule has 0 spiro atoms. The van der Waals surface area contributed by atoms with Gasteiger partial charge in [-0.1, -0.05) is 0 Å². The molecule has 3 nitrogen and oxygen atoms in total. The van der Waals surface area contributed by atoms with Gasteiger partial charge in [-0.2, -0.15) is 17.0 Å². The van der Waals surface area contributed by atoms with E-state index in [2.05, 4.69) is 25.2 Å². The SMILES string of the molecule is CC(C)NC(C)(C#N)CSC1CCOCC1. The molecule has 0 aromatic carbocycles. The summed E-state index contributed by atoms with van der Waals surface area (Å²) in [7, 11) is 0. The van der Waals surface area contributed by atoms with Crippen LogP contribution in [0.5, 0.6) is 0 Å². The van der Waals surface area contributed by atoms with Crippen LogP contribution in [0.15, 0.2) is 0 Å². The van der Waals surface area contributed by atoms with Crippen LogP contribution in [-0.4, -0.2) is 35.8 Å². The summed E-state index contributed by atoms with van der Waals surface area (Å²) in [6.45, 7) is 7.89. The predicted octanol–water partition coefficient (Wildman–Crippen LogP) is 2.18. The molecule has 16 heavy (non-hydrogen) atoms. The van der Waals surface area contributed by atoms with Crippen molar-refractivity contribution in [3.8, 4) is 6.07 Å². The van der Waals surface area contributed by atoms with E-state index in [0.717, 1.165) is 31.8 Å². The first kappa shape index (κ1) is 13.8. The highest BCUT2D eigenvalue weighted by atomic mass is 32.2. The standard InChI is InChI=1S/C12H22N2OS/c1-10(2)14-12(3,8-13)9-16-11-4-6-15-7-5-11/h10-11,14H,4-7,9H2,1-3H3. The molecule has 0 aliphatic carbocycles. The van der Waals surface area contributed by atoms with Crippen molar-refractivity contribution in [1.29, 1.82) is 5.26 Å². The van der Waals surface area contributed by atoms with E-state index in [1.54, 1.807) is 0 Å². The molecule has 1 heterocycles. The molecule has 0 bridgehead atoms. The number of hydrogen-bond donors (Lipinski definition) is 1. The molecule has 0 radical (unpaired) electrons. The monoisotopic (exact) mass is 242 g/mol. The quantitative estimate of drug-likeness (QED) is 0.802. The number of rotatable bonds is 5. The normalized spacial score (nSPS) is 21.7. The van der Waals surface area contributed by atoms with Crippen molar-refractivity contribution in [3.05, 3.63) is 0 Å². The largest absolute Gasteiger partial charge is 0.381 e. The molecular weight excluding hydrogens is 220 g/mol. The van der Waals surface area contributed by atoms with E-state index in [0.29, 0.717) is 11.3 Å². The molecule has 0 amide bonds. The lowest BCUT2D eigenvalue weighted by molar-refractivity contribution is 0.1000. The van der Waals surface area contributed by atoms with E-state index >= 15 is 0 Å². The van der Waals surface area contributed by atoms with Crippen molar-refractivity contribution >= 4 is 11.8 Å². The third-order valence-electron chi connectivity index (χ3n) is 2.63. The van der Waals surface area contributed by atoms with Crippen LogP contribution < -0.4 is 5.32 Å². The van der Waals surface area contributed by atoms with Crippen LogP contribution in [0.1, 0.15) is 33.6 Å². The number of ether oxygens (including phenoxy) is 1. The van der Waals surface area contributed by atoms with Crippen molar-refractivity contribution < 1.29 is 4.74 Å². The number of nitrogens with zero attached hydrogens (tertiary/aromatic N) is 1. The van der Waals surface area contributed by atoms with Crippen molar-refractivity contribution in [1.82, 2.24) is 5.32 Å². The molecule has 4 heteroatoms. The van der Waals surface area contributed by atoms with Gasteiger partial charge in [0.1, 0.15) is 5.54 Å². The minimum atomic E-state index is -0.406. The van der Waals surface area contributed by atoms with Crippen LogP contribution in [0.4, 0.5) is 0 Å². The lowest BCUT2D eigenvalue weighted by Gasteiger charge is -2.29. The molecule has 92 valence electrons. The van der Waals surface area contributed by atoms with Crippen molar-refractivity contribution in [2.24, 2.45) is 0 Å². The van der Waals surface area contributed by atoms with Gasteiger partial charge in [0.2, 0.25) is 0 Å². The minimum absolute atomic E-state index is 0.347. The van der Waals surface area contributed by atoms with Crippen molar-refractivity contribution in [2.45, 2.75) is 50.4 Å². The van der Waals surface area contributed by atoms with Gasteiger partial charge >= 0.3 is 0 Å². The van der Waals surface area contributed by atoms with E-state index in [-0.39, 0.29) is 0 Å². The van der Waals surface area contributed by atoms with E-state index in [4.69, 9.17) is 4.74 Å². The molecule has 1 unspecified atom stereocenters. The summed E-state index contributed by atoms with van der Waals surface area (Å²) in [4.78, 5) is 0. The van der Waals surface area contributed by atoms with E-state index in [9.17, 15) is 5.26 Å². The Kier molecular flexibility index (Phi) is 5.60. The Labute approximate surface area is 103 Å². The third kappa shape index (κ3) is 4.73. The first-order valence-corrected chi connectivity index (χ1v) is 6.99. The number of hydrogen-bond acceptors (Lipinski definition) is 4. The predicted molar refractivity (Wildman–Crippen MR) is 68.6 cm³/mol. The topological polar surface area (TPSA) is 45.0 Å². The number of nitriles is 1. The van der Waals surface area contributed by atoms with Crippen LogP contribution in [-0.2, 0) is 4.74 Å². The summed E-state index contributed by atoms with van der Waals surface area (Å²) in [6, 6.07) is 2.73. The summed E-state index contributed by atoms with van der Waals surface area (Å²) in [6.07, 6.45) is 2.24. The fraction of sp³-hybridized carbons (Fsp3) is 0.917. The van der Waals surface area contributed by atoms with Gasteiger partial charge in [0.05, 0.1) is 6.07 Å². The Hall–Kier alpha value is -0.240. The molecule has 1 fully saturated rings. The minimum Gasteiger partial charge on any atom is -0.381 e. The van der Waals surface area contributed by atoms with E-state index < -0.39 is 5.54 Å². The van der Waals surface area contributed by atoms with Gasteiger partial charge in [-0.05, 0) is 33.6 Å². The lowest BCUT2D eigenvalue weighted by Crippen LogP contribution is -2.47. The lowest BCUT2D eigenvalue weighted by atomic mass is 10.1. The average Bonchev–Trinajstić information content (AvgIpc) is 2.27. The van der Waals surface area contributed by atoms with Gasteiger partial charge in [-0.15, -0.1) is 0 Å². The molecule has 1 rings (SSSR count). The maximum absolute atomic E-state index is 9.21.